The lowest BCUT2D eigenvalue weighted by molar-refractivity contribution is -0.432. The van der Waals surface area contributed by atoms with Gasteiger partial charge in [0.05, 0.1) is 61.9 Å². The third kappa shape index (κ3) is 11.4. The topological polar surface area (TPSA) is 329 Å². The maximum atomic E-state index is 12.8. The van der Waals surface area contributed by atoms with Crippen LogP contribution in [-0.4, -0.2) is 48.8 Å². The second-order valence-corrected chi connectivity index (χ2v) is 15.8. The third-order valence-corrected chi connectivity index (χ3v) is 10.7. The summed E-state index contributed by atoms with van der Waals surface area (Å²) in [4.78, 5) is 12.7. The van der Waals surface area contributed by atoms with Gasteiger partial charge in [0, 0.05) is 11.4 Å². The number of aryl methyl sites for hydroxylation is 3. The van der Waals surface area contributed by atoms with Gasteiger partial charge in [-0.2, -0.15) is 23.4 Å². The van der Waals surface area contributed by atoms with E-state index in [0.717, 1.165) is 22.9 Å². The zero-order valence-electron chi connectivity index (χ0n) is 31.3. The Labute approximate surface area is 356 Å². The maximum Gasteiger partial charge on any atom is 0.296 e. The smallest absolute Gasteiger partial charge is 0.296 e. The van der Waals surface area contributed by atoms with Crippen molar-refractivity contribution in [3.63, 3.8) is 0 Å². The molecule has 0 saturated heterocycles. The number of phenols is 1. The van der Waals surface area contributed by atoms with Gasteiger partial charge in [-0.1, -0.05) is 38.9 Å². The van der Waals surface area contributed by atoms with Crippen molar-refractivity contribution in [1.29, 1.82) is 0 Å². The van der Waals surface area contributed by atoms with Gasteiger partial charge in [0.2, 0.25) is 11.9 Å². The number of fused-ring (bicyclic) bond motifs is 1. The minimum atomic E-state index is -5.14. The zero-order chi connectivity index (χ0) is 43.7. The van der Waals surface area contributed by atoms with E-state index in [1.54, 1.807) is 38.1 Å². The predicted octanol–water partition coefficient (Wildman–Crippen LogP) is 10.1. The molecule has 0 amide bonds. The summed E-state index contributed by atoms with van der Waals surface area (Å²) in [7, 11) is -5.14. The van der Waals surface area contributed by atoms with Gasteiger partial charge in [0.25, 0.3) is 10.1 Å². The van der Waals surface area contributed by atoms with E-state index in [1.165, 1.54) is 18.2 Å². The lowest BCUT2D eigenvalue weighted by Crippen LogP contribution is -2.05. The minimum Gasteiger partial charge on any atom is -0.505 e. The highest BCUT2D eigenvalue weighted by molar-refractivity contribution is 7.95. The Morgan fingerprint density at radius 1 is 0.639 bits per heavy atom. The predicted molar refractivity (Wildman–Crippen MR) is 220 cm³/mol. The van der Waals surface area contributed by atoms with Crippen LogP contribution in [0.4, 0.5) is 51.7 Å². The highest BCUT2D eigenvalue weighted by atomic mass is 32.2. The average Bonchev–Trinajstić information content (AvgIpc) is 3.21. The van der Waals surface area contributed by atoms with Crippen LogP contribution in [0.15, 0.2) is 113 Å². The number of aromatic nitrogens is 3. The summed E-state index contributed by atoms with van der Waals surface area (Å²) in [6.07, 6.45) is 0. The number of rotatable bonds is 18. The number of anilines is 5. The molecule has 0 aliphatic heterocycles. The van der Waals surface area contributed by atoms with Crippen LogP contribution < -0.4 is 16.4 Å². The first kappa shape index (κ1) is 44.9. The molecule has 0 aliphatic rings. The summed E-state index contributed by atoms with van der Waals surface area (Å²) in [6.45, 7) is 5.41. The van der Waals surface area contributed by atoms with Crippen LogP contribution in [0, 0.1) is 20.8 Å². The Kier molecular flexibility index (Phi) is 14.9. The van der Waals surface area contributed by atoms with Gasteiger partial charge in [-0.3, -0.25) is 4.55 Å². The molecule has 0 radical (unpaired) electrons. The van der Waals surface area contributed by atoms with Crippen LogP contribution in [0.2, 0.25) is 0 Å². The number of benzene rings is 5. The van der Waals surface area contributed by atoms with Crippen LogP contribution in [0.25, 0.3) is 10.8 Å². The van der Waals surface area contributed by atoms with Crippen molar-refractivity contribution in [1.82, 2.24) is 15.0 Å². The molecule has 0 aliphatic carbocycles. The van der Waals surface area contributed by atoms with E-state index < -0.39 is 26.5 Å². The summed E-state index contributed by atoms with van der Waals surface area (Å²) in [5, 5.41) is 71.7. The van der Waals surface area contributed by atoms with E-state index in [1.807, 2.05) is 31.2 Å². The lowest BCUT2D eigenvalue weighted by Gasteiger charge is -2.14. The molecule has 1 aromatic heterocycles. The van der Waals surface area contributed by atoms with Crippen molar-refractivity contribution in [3.05, 3.63) is 89.7 Å². The van der Waals surface area contributed by atoms with Gasteiger partial charge in [-0.15, -0.1) is 33.5 Å². The standard InChI is InChI=1S/C34H30N10O13S4/c1-16-4-7-20(8-5-16)38-33-36-18(3)37-34(40-33)39-21-9-11-24(58-55-52-46)23(15-21)42-44-31-27(61(49,50)51)14-19-13-26(60-57-54-48)30(29(35)28(19)32(31)45)43-41-22-10-6-17(2)12-25(22)59-56-53-47/h4-15,45-48H,35H2,1-3H3,(H,49,50,51)(H2,36,37,38,39,40). The fraction of sp³-hybridized carbons (Fsp3) is 0.0882. The quantitative estimate of drug-likeness (QED) is 0.00992. The van der Waals surface area contributed by atoms with Crippen molar-refractivity contribution in [2.24, 2.45) is 20.5 Å². The number of nitrogen functional groups attached to an aromatic ring is 1. The first-order valence-electron chi connectivity index (χ1n) is 16.7. The normalized spacial score (nSPS) is 11.9. The molecule has 0 atom stereocenters. The van der Waals surface area contributed by atoms with Crippen LogP contribution in [0.1, 0.15) is 17.0 Å². The number of nitrogens with zero attached hydrogens (tertiary/aromatic N) is 7. The van der Waals surface area contributed by atoms with Crippen molar-refractivity contribution in [3.8, 4) is 5.75 Å². The maximum absolute atomic E-state index is 12.8. The third-order valence-electron chi connectivity index (χ3n) is 7.96. The SMILES string of the molecule is Cc1ccc(Nc2nc(C)nc(Nc3ccc(SOOO)c(N=Nc4c(S(=O)(=O)O)cc5cc(SOOO)c(N=Nc6ccc(C)cc6SOOO)c(N)c5c4O)c3)n2)cc1. The molecule has 0 fully saturated rings. The molecule has 0 unspecified atom stereocenters. The first-order valence-corrected chi connectivity index (χ1v) is 20.4. The molecule has 318 valence electrons. The summed E-state index contributed by atoms with van der Waals surface area (Å²) in [6, 6.07) is 19.1. The second kappa shape index (κ2) is 20.3. The number of phenolic OH excluding ortho intramolecular Hbond substituents is 1. The Morgan fingerprint density at radius 3 is 1.87 bits per heavy atom. The van der Waals surface area contributed by atoms with E-state index in [9.17, 15) is 18.1 Å². The Morgan fingerprint density at radius 2 is 1.21 bits per heavy atom. The fourth-order valence-electron chi connectivity index (χ4n) is 5.34. The van der Waals surface area contributed by atoms with E-state index in [4.69, 9.17) is 21.5 Å². The number of nitrogens with one attached hydrogen (secondary N) is 2. The summed E-state index contributed by atoms with van der Waals surface area (Å²) < 4.78 is 49.6. The number of hydrogen-bond donors (Lipinski definition) is 8. The van der Waals surface area contributed by atoms with Gasteiger partial charge in [0.15, 0.2) is 5.75 Å². The number of azo groups is 2. The van der Waals surface area contributed by atoms with Crippen molar-refractivity contribution in [2.75, 3.05) is 16.4 Å². The van der Waals surface area contributed by atoms with Crippen molar-refractivity contribution in [2.45, 2.75) is 40.4 Å². The number of hydrogen-bond acceptors (Lipinski definition) is 25. The van der Waals surface area contributed by atoms with Crippen molar-refractivity contribution < 1.29 is 62.0 Å². The summed E-state index contributed by atoms with van der Waals surface area (Å²) in [5.41, 5.74) is 8.38. The largest absolute Gasteiger partial charge is 0.505 e. The molecule has 5 aromatic carbocycles. The molecule has 1 heterocycles. The van der Waals surface area contributed by atoms with Gasteiger partial charge in [-0.25, -0.2) is 15.8 Å². The highest BCUT2D eigenvalue weighted by Crippen LogP contribution is 2.50. The lowest BCUT2D eigenvalue weighted by atomic mass is 10.1. The van der Waals surface area contributed by atoms with Crippen LogP contribution in [-0.2, 0) is 38.2 Å². The van der Waals surface area contributed by atoms with Crippen molar-refractivity contribution >= 4 is 109 Å². The zero-order valence-corrected chi connectivity index (χ0v) is 34.5. The van der Waals surface area contributed by atoms with E-state index in [2.05, 4.69) is 74.2 Å². The Balaban J connectivity index is 1.43. The number of aromatic hydroxyl groups is 1. The van der Waals surface area contributed by atoms with E-state index in [0.29, 0.717) is 52.5 Å². The number of nitrogens with two attached hydrogens (primary N) is 1. The summed E-state index contributed by atoms with van der Waals surface area (Å²) >= 11 is 1.49. The molecule has 0 spiro atoms. The molecular formula is C34H30N10O13S4. The van der Waals surface area contributed by atoms with E-state index >= 15 is 0 Å². The average molecular weight is 915 g/mol. The molecule has 6 rings (SSSR count). The molecule has 23 nitrogen and oxygen atoms in total. The Bertz CT molecular complexity index is 2730. The van der Waals surface area contributed by atoms with Crippen LogP contribution in [0.5, 0.6) is 5.75 Å². The van der Waals surface area contributed by atoms with Gasteiger partial charge in [-0.05, 0) is 86.3 Å². The first-order chi connectivity index (χ1) is 29.3. The van der Waals surface area contributed by atoms with Crippen LogP contribution >= 0.6 is 36.1 Å². The van der Waals surface area contributed by atoms with E-state index in [-0.39, 0.29) is 55.2 Å². The molecule has 9 N–H and O–H groups in total. The van der Waals surface area contributed by atoms with Crippen LogP contribution in [0.3, 0.4) is 0 Å². The van der Waals surface area contributed by atoms with Gasteiger partial charge < -0.3 is 21.5 Å². The van der Waals surface area contributed by atoms with Gasteiger partial charge in [0.1, 0.15) is 33.5 Å². The highest BCUT2D eigenvalue weighted by Gasteiger charge is 2.26. The molecule has 6 aromatic rings. The monoisotopic (exact) mass is 914 g/mol. The molecular weight excluding hydrogens is 885 g/mol. The fourth-order valence-corrected chi connectivity index (χ4v) is 7.45. The molecule has 0 bridgehead atoms. The molecule has 61 heavy (non-hydrogen) atoms. The van der Waals surface area contributed by atoms with Gasteiger partial charge >= 0.3 is 0 Å². The summed E-state index contributed by atoms with van der Waals surface area (Å²) in [5.74, 6) is -0.119. The molecule has 27 heteroatoms. The minimum absolute atomic E-state index is 0.0161. The molecule has 0 saturated carbocycles. The Hall–Kier alpha value is -5.63. The second-order valence-electron chi connectivity index (χ2n) is 12.2.